The molecule has 3 rings (SSSR count). The zero-order chi connectivity index (χ0) is 14.8. The Morgan fingerprint density at radius 1 is 1.14 bits per heavy atom. The molecule has 2 aromatic carbocycles. The fraction of sp³-hybridized carbons (Fsp3) is 0.118. The van der Waals surface area contributed by atoms with Crippen LogP contribution in [0.4, 0.5) is 4.39 Å². The van der Waals surface area contributed by atoms with Crippen molar-refractivity contribution in [2.75, 3.05) is 7.11 Å². The molecule has 1 aromatic heterocycles. The van der Waals surface area contributed by atoms with E-state index in [4.69, 9.17) is 10.5 Å². The van der Waals surface area contributed by atoms with Gasteiger partial charge in [0.2, 0.25) is 0 Å². The van der Waals surface area contributed by atoms with Crippen LogP contribution in [0.25, 0.3) is 10.8 Å². The summed E-state index contributed by atoms with van der Waals surface area (Å²) in [6.45, 7) is 0. The zero-order valence-electron chi connectivity index (χ0n) is 11.6. The van der Waals surface area contributed by atoms with Crippen LogP contribution < -0.4 is 10.5 Å². The van der Waals surface area contributed by atoms with E-state index in [1.165, 1.54) is 13.2 Å². The largest absolute Gasteiger partial charge is 0.494 e. The third-order valence-corrected chi connectivity index (χ3v) is 3.57. The monoisotopic (exact) mass is 282 g/mol. The summed E-state index contributed by atoms with van der Waals surface area (Å²) in [6, 6.07) is 12.2. The smallest absolute Gasteiger partial charge is 0.165 e. The zero-order valence-corrected chi connectivity index (χ0v) is 11.6. The third kappa shape index (κ3) is 2.45. The Morgan fingerprint density at radius 2 is 1.95 bits per heavy atom. The molecule has 0 amide bonds. The molecular formula is C17H15FN2O. The number of fused-ring (bicyclic) bond motifs is 1. The predicted octanol–water partition coefficient (Wildman–Crippen LogP) is 3.43. The molecule has 3 nitrogen and oxygen atoms in total. The van der Waals surface area contributed by atoms with E-state index in [2.05, 4.69) is 4.98 Å². The van der Waals surface area contributed by atoms with Crippen LogP contribution in [0, 0.1) is 5.82 Å². The maximum absolute atomic E-state index is 13.8. The van der Waals surface area contributed by atoms with Gasteiger partial charge in [-0.25, -0.2) is 4.39 Å². The summed E-state index contributed by atoms with van der Waals surface area (Å²) in [5.74, 6) is -0.208. The standard InChI is InChI=1S/C17H15FN2O/c1-21-16-7-6-11(8-15(16)18)17(19)14-10-20-9-12-4-2-3-5-13(12)14/h2-10,17H,19H2,1H3. The SMILES string of the molecule is COc1ccc(C(N)c2cncc3ccccc23)cc1F. The molecule has 4 heteroatoms. The molecule has 3 aromatic rings. The van der Waals surface area contributed by atoms with Gasteiger partial charge in [-0.05, 0) is 28.6 Å². The average Bonchev–Trinajstić information content (AvgIpc) is 2.53. The minimum absolute atomic E-state index is 0.210. The van der Waals surface area contributed by atoms with E-state index >= 15 is 0 Å². The number of rotatable bonds is 3. The maximum atomic E-state index is 13.8. The summed E-state index contributed by atoms with van der Waals surface area (Å²) >= 11 is 0. The molecule has 0 saturated heterocycles. The number of hydrogen-bond acceptors (Lipinski definition) is 3. The van der Waals surface area contributed by atoms with Crippen molar-refractivity contribution >= 4 is 10.8 Å². The number of halogens is 1. The number of ether oxygens (including phenoxy) is 1. The minimum Gasteiger partial charge on any atom is -0.494 e. The van der Waals surface area contributed by atoms with Gasteiger partial charge >= 0.3 is 0 Å². The molecule has 0 radical (unpaired) electrons. The fourth-order valence-corrected chi connectivity index (χ4v) is 2.44. The van der Waals surface area contributed by atoms with Gasteiger partial charge in [0, 0.05) is 17.8 Å². The normalized spacial score (nSPS) is 12.3. The first kappa shape index (κ1) is 13.5. The van der Waals surface area contributed by atoms with E-state index in [1.807, 2.05) is 24.3 Å². The van der Waals surface area contributed by atoms with Gasteiger partial charge in [-0.2, -0.15) is 0 Å². The van der Waals surface area contributed by atoms with E-state index in [-0.39, 0.29) is 5.75 Å². The molecule has 106 valence electrons. The first-order valence-corrected chi connectivity index (χ1v) is 6.62. The second-order valence-electron chi connectivity index (χ2n) is 4.82. The van der Waals surface area contributed by atoms with Crippen molar-refractivity contribution < 1.29 is 9.13 Å². The van der Waals surface area contributed by atoms with Gasteiger partial charge in [-0.1, -0.05) is 30.3 Å². The van der Waals surface area contributed by atoms with Crippen molar-refractivity contribution in [3.8, 4) is 5.75 Å². The Bertz CT molecular complexity index is 783. The molecule has 1 atom stereocenters. The first-order valence-electron chi connectivity index (χ1n) is 6.62. The molecule has 0 fully saturated rings. The molecule has 0 aliphatic rings. The Labute approximate surface area is 122 Å². The maximum Gasteiger partial charge on any atom is 0.165 e. The molecule has 0 bridgehead atoms. The number of nitrogens with two attached hydrogens (primary N) is 1. The molecule has 0 aliphatic heterocycles. The summed E-state index contributed by atoms with van der Waals surface area (Å²) in [7, 11) is 1.44. The first-order chi connectivity index (χ1) is 10.2. The van der Waals surface area contributed by atoms with Gasteiger partial charge in [0.1, 0.15) is 0 Å². The van der Waals surface area contributed by atoms with Crippen LogP contribution in [0.5, 0.6) is 5.75 Å². The highest BCUT2D eigenvalue weighted by Gasteiger charge is 2.14. The van der Waals surface area contributed by atoms with Gasteiger partial charge in [0.15, 0.2) is 11.6 Å². The predicted molar refractivity (Wildman–Crippen MR) is 80.7 cm³/mol. The fourth-order valence-electron chi connectivity index (χ4n) is 2.44. The Balaban J connectivity index is 2.08. The summed E-state index contributed by atoms with van der Waals surface area (Å²) in [5.41, 5.74) is 7.85. The lowest BCUT2D eigenvalue weighted by atomic mass is 9.96. The van der Waals surface area contributed by atoms with Crippen LogP contribution in [0.3, 0.4) is 0 Å². The van der Waals surface area contributed by atoms with Gasteiger partial charge in [-0.15, -0.1) is 0 Å². The molecule has 0 spiro atoms. The van der Waals surface area contributed by atoms with Crippen LogP contribution >= 0.6 is 0 Å². The van der Waals surface area contributed by atoms with Gasteiger partial charge in [-0.3, -0.25) is 4.98 Å². The van der Waals surface area contributed by atoms with E-state index in [0.717, 1.165) is 16.3 Å². The Kier molecular flexibility index (Phi) is 3.54. The highest BCUT2D eigenvalue weighted by molar-refractivity contribution is 5.85. The van der Waals surface area contributed by atoms with Crippen molar-refractivity contribution in [1.29, 1.82) is 0 Å². The van der Waals surface area contributed by atoms with Crippen LogP contribution in [0.1, 0.15) is 17.2 Å². The molecule has 0 saturated carbocycles. The quantitative estimate of drug-likeness (QED) is 0.800. The van der Waals surface area contributed by atoms with E-state index < -0.39 is 11.9 Å². The van der Waals surface area contributed by atoms with E-state index in [9.17, 15) is 4.39 Å². The number of hydrogen-bond donors (Lipinski definition) is 1. The van der Waals surface area contributed by atoms with E-state index in [0.29, 0.717) is 5.56 Å². The average molecular weight is 282 g/mol. The van der Waals surface area contributed by atoms with Crippen LogP contribution in [0.2, 0.25) is 0 Å². The lowest BCUT2D eigenvalue weighted by Crippen LogP contribution is -2.13. The van der Waals surface area contributed by atoms with Crippen molar-refractivity contribution in [1.82, 2.24) is 4.98 Å². The van der Waals surface area contributed by atoms with Crippen molar-refractivity contribution in [3.63, 3.8) is 0 Å². The molecule has 1 heterocycles. The number of aromatic nitrogens is 1. The highest BCUT2D eigenvalue weighted by Crippen LogP contribution is 2.28. The van der Waals surface area contributed by atoms with Gasteiger partial charge < -0.3 is 10.5 Å². The molecule has 21 heavy (non-hydrogen) atoms. The molecule has 2 N–H and O–H groups in total. The lowest BCUT2D eigenvalue weighted by molar-refractivity contribution is 0.386. The van der Waals surface area contributed by atoms with Crippen LogP contribution in [0.15, 0.2) is 54.9 Å². The van der Waals surface area contributed by atoms with Crippen LogP contribution in [-0.2, 0) is 0 Å². The van der Waals surface area contributed by atoms with Gasteiger partial charge in [0.05, 0.1) is 13.2 Å². The lowest BCUT2D eigenvalue weighted by Gasteiger charge is -2.15. The summed E-state index contributed by atoms with van der Waals surface area (Å²) in [6.07, 6.45) is 3.52. The number of pyridine rings is 1. The number of methoxy groups -OCH3 is 1. The third-order valence-electron chi connectivity index (χ3n) is 3.57. The number of nitrogens with zero attached hydrogens (tertiary/aromatic N) is 1. The minimum atomic E-state index is -0.441. The molecule has 1 unspecified atom stereocenters. The summed E-state index contributed by atoms with van der Waals surface area (Å²) in [5, 5.41) is 2.04. The van der Waals surface area contributed by atoms with Crippen molar-refractivity contribution in [2.45, 2.75) is 6.04 Å². The number of benzene rings is 2. The van der Waals surface area contributed by atoms with Crippen molar-refractivity contribution in [3.05, 3.63) is 71.8 Å². The van der Waals surface area contributed by atoms with Crippen molar-refractivity contribution in [2.24, 2.45) is 5.73 Å². The van der Waals surface area contributed by atoms with E-state index in [1.54, 1.807) is 24.5 Å². The topological polar surface area (TPSA) is 48.1 Å². The Hall–Kier alpha value is -2.46. The summed E-state index contributed by atoms with van der Waals surface area (Å²) in [4.78, 5) is 4.22. The summed E-state index contributed by atoms with van der Waals surface area (Å²) < 4.78 is 18.8. The second kappa shape index (κ2) is 5.50. The Morgan fingerprint density at radius 3 is 2.71 bits per heavy atom. The molecular weight excluding hydrogens is 267 g/mol. The van der Waals surface area contributed by atoms with Crippen LogP contribution in [-0.4, -0.2) is 12.1 Å². The second-order valence-corrected chi connectivity index (χ2v) is 4.82. The highest BCUT2D eigenvalue weighted by atomic mass is 19.1. The molecule has 0 aliphatic carbocycles. The van der Waals surface area contributed by atoms with Gasteiger partial charge in [0.25, 0.3) is 0 Å².